The first-order valence-electron chi connectivity index (χ1n) is 5.48. The van der Waals surface area contributed by atoms with E-state index in [1.807, 2.05) is 30.3 Å². The number of ether oxygens (including phenoxy) is 1. The van der Waals surface area contributed by atoms with Crippen LogP contribution in [0.4, 0.5) is 10.6 Å². The van der Waals surface area contributed by atoms with Crippen molar-refractivity contribution in [3.05, 3.63) is 53.2 Å². The summed E-state index contributed by atoms with van der Waals surface area (Å²) in [7, 11) is 0. The Bertz CT molecular complexity index is 575. The Balaban J connectivity index is 1.93. The van der Waals surface area contributed by atoms with E-state index in [2.05, 4.69) is 10.3 Å². The van der Waals surface area contributed by atoms with Crippen LogP contribution in [0.15, 0.2) is 42.5 Å². The van der Waals surface area contributed by atoms with E-state index < -0.39 is 6.09 Å². The van der Waals surface area contributed by atoms with Gasteiger partial charge >= 0.3 is 6.09 Å². The van der Waals surface area contributed by atoms with Gasteiger partial charge in [-0.05, 0) is 17.7 Å². The van der Waals surface area contributed by atoms with E-state index in [0.29, 0.717) is 0 Å². The second-order valence-electron chi connectivity index (χ2n) is 3.69. The van der Waals surface area contributed by atoms with Crippen LogP contribution in [0.3, 0.4) is 0 Å². The SMILES string of the molecule is O=C(Nc1nc(Cl)ccc1O)OCc1ccccc1. The Hall–Kier alpha value is -2.27. The lowest BCUT2D eigenvalue weighted by Crippen LogP contribution is -2.14. The highest BCUT2D eigenvalue weighted by Gasteiger charge is 2.09. The van der Waals surface area contributed by atoms with Crippen LogP contribution in [0.5, 0.6) is 5.75 Å². The minimum Gasteiger partial charge on any atom is -0.504 e. The zero-order valence-electron chi connectivity index (χ0n) is 9.84. The number of anilines is 1. The van der Waals surface area contributed by atoms with Crippen LogP contribution < -0.4 is 5.32 Å². The lowest BCUT2D eigenvalue weighted by atomic mass is 10.2. The molecule has 1 heterocycles. The van der Waals surface area contributed by atoms with Gasteiger partial charge < -0.3 is 9.84 Å². The highest BCUT2D eigenvalue weighted by atomic mass is 35.5. The van der Waals surface area contributed by atoms with E-state index in [-0.39, 0.29) is 23.3 Å². The predicted octanol–water partition coefficient (Wildman–Crippen LogP) is 3.19. The van der Waals surface area contributed by atoms with E-state index in [0.717, 1.165) is 5.56 Å². The summed E-state index contributed by atoms with van der Waals surface area (Å²) in [4.78, 5) is 15.3. The van der Waals surface area contributed by atoms with Gasteiger partial charge in [0.05, 0.1) is 0 Å². The van der Waals surface area contributed by atoms with Crippen molar-refractivity contribution >= 4 is 23.5 Å². The molecule has 0 aliphatic carbocycles. The lowest BCUT2D eigenvalue weighted by Gasteiger charge is -2.07. The van der Waals surface area contributed by atoms with E-state index in [1.165, 1.54) is 12.1 Å². The number of carbonyl (C=O) groups excluding carboxylic acids is 1. The zero-order valence-corrected chi connectivity index (χ0v) is 10.6. The normalized spacial score (nSPS) is 9.95. The van der Waals surface area contributed by atoms with Crippen LogP contribution in [0, 0.1) is 0 Å². The first-order chi connectivity index (χ1) is 9.15. The molecule has 0 saturated carbocycles. The Morgan fingerprint density at radius 1 is 1.26 bits per heavy atom. The molecular formula is C13H11ClN2O3. The van der Waals surface area contributed by atoms with E-state index >= 15 is 0 Å². The molecule has 0 aliphatic rings. The molecule has 0 bridgehead atoms. The molecule has 19 heavy (non-hydrogen) atoms. The van der Waals surface area contributed by atoms with E-state index in [9.17, 15) is 9.90 Å². The number of amides is 1. The van der Waals surface area contributed by atoms with Crippen molar-refractivity contribution in [1.82, 2.24) is 4.98 Å². The molecule has 0 radical (unpaired) electrons. The maximum Gasteiger partial charge on any atom is 0.413 e. The van der Waals surface area contributed by atoms with Crippen LogP contribution in [-0.2, 0) is 11.3 Å². The predicted molar refractivity (Wildman–Crippen MR) is 71.2 cm³/mol. The quantitative estimate of drug-likeness (QED) is 0.846. The Morgan fingerprint density at radius 3 is 2.74 bits per heavy atom. The van der Waals surface area contributed by atoms with Gasteiger partial charge in [-0.15, -0.1) is 0 Å². The van der Waals surface area contributed by atoms with Gasteiger partial charge in [-0.1, -0.05) is 41.9 Å². The molecule has 0 fully saturated rings. The van der Waals surface area contributed by atoms with Gasteiger partial charge in [-0.25, -0.2) is 9.78 Å². The number of aromatic nitrogens is 1. The number of halogens is 1. The van der Waals surface area contributed by atoms with Gasteiger partial charge in [0.25, 0.3) is 0 Å². The summed E-state index contributed by atoms with van der Waals surface area (Å²) in [5.41, 5.74) is 0.862. The third-order valence-corrected chi connectivity index (χ3v) is 2.48. The molecule has 2 aromatic rings. The summed E-state index contributed by atoms with van der Waals surface area (Å²) < 4.78 is 4.98. The first kappa shape index (κ1) is 13.2. The van der Waals surface area contributed by atoms with Gasteiger partial charge in [-0.2, -0.15) is 0 Å². The number of carbonyl (C=O) groups is 1. The summed E-state index contributed by atoms with van der Waals surface area (Å²) in [6.07, 6.45) is -0.714. The smallest absolute Gasteiger partial charge is 0.413 e. The number of benzene rings is 1. The largest absolute Gasteiger partial charge is 0.504 e. The maximum atomic E-state index is 11.5. The Morgan fingerprint density at radius 2 is 2.00 bits per heavy atom. The average molecular weight is 279 g/mol. The average Bonchev–Trinajstić information content (AvgIpc) is 2.42. The van der Waals surface area contributed by atoms with Crippen molar-refractivity contribution < 1.29 is 14.6 Å². The highest BCUT2D eigenvalue weighted by molar-refractivity contribution is 6.29. The minimum absolute atomic E-state index is 0.0365. The molecule has 1 aromatic carbocycles. The second-order valence-corrected chi connectivity index (χ2v) is 4.08. The number of hydrogen-bond donors (Lipinski definition) is 2. The minimum atomic E-state index is -0.714. The van der Waals surface area contributed by atoms with Crippen LogP contribution in [-0.4, -0.2) is 16.2 Å². The number of nitrogens with one attached hydrogen (secondary N) is 1. The monoisotopic (exact) mass is 278 g/mol. The van der Waals surface area contributed by atoms with Crippen LogP contribution in [0.25, 0.3) is 0 Å². The Labute approximate surface area is 114 Å². The van der Waals surface area contributed by atoms with Crippen molar-refractivity contribution in [2.75, 3.05) is 5.32 Å². The van der Waals surface area contributed by atoms with E-state index in [4.69, 9.17) is 16.3 Å². The molecule has 5 nitrogen and oxygen atoms in total. The molecule has 0 aliphatic heterocycles. The third-order valence-electron chi connectivity index (χ3n) is 2.27. The van der Waals surface area contributed by atoms with Crippen molar-refractivity contribution in [1.29, 1.82) is 0 Å². The molecule has 2 N–H and O–H groups in total. The fourth-order valence-corrected chi connectivity index (χ4v) is 1.52. The first-order valence-corrected chi connectivity index (χ1v) is 5.86. The molecule has 1 amide bonds. The number of hydrogen-bond acceptors (Lipinski definition) is 4. The van der Waals surface area contributed by atoms with Gasteiger partial charge in [0.15, 0.2) is 11.6 Å². The fourth-order valence-electron chi connectivity index (χ4n) is 1.38. The summed E-state index contributed by atoms with van der Waals surface area (Å²) in [6.45, 7) is 0.133. The molecule has 0 atom stereocenters. The van der Waals surface area contributed by atoms with Crippen molar-refractivity contribution in [3.63, 3.8) is 0 Å². The Kier molecular flexibility index (Phi) is 4.20. The number of rotatable bonds is 3. The number of aromatic hydroxyl groups is 1. The van der Waals surface area contributed by atoms with Gasteiger partial charge in [0.1, 0.15) is 11.8 Å². The standard InChI is InChI=1S/C13H11ClN2O3/c14-11-7-6-10(17)12(15-11)16-13(18)19-8-9-4-2-1-3-5-9/h1-7,17H,8H2,(H,15,16,18). The molecule has 0 spiro atoms. The molecule has 6 heteroatoms. The molecule has 2 rings (SSSR count). The number of nitrogens with zero attached hydrogens (tertiary/aromatic N) is 1. The molecule has 0 unspecified atom stereocenters. The van der Waals surface area contributed by atoms with Crippen LogP contribution in [0.1, 0.15) is 5.56 Å². The third kappa shape index (κ3) is 3.86. The van der Waals surface area contributed by atoms with Gasteiger partial charge in [-0.3, -0.25) is 5.32 Å². The summed E-state index contributed by atoms with van der Waals surface area (Å²) in [5.74, 6) is -0.216. The molecular weight excluding hydrogens is 268 g/mol. The molecule has 0 saturated heterocycles. The van der Waals surface area contributed by atoms with Crippen LogP contribution >= 0.6 is 11.6 Å². The maximum absolute atomic E-state index is 11.5. The molecule has 98 valence electrons. The van der Waals surface area contributed by atoms with Crippen molar-refractivity contribution in [3.8, 4) is 5.75 Å². The van der Waals surface area contributed by atoms with Gasteiger partial charge in [0.2, 0.25) is 0 Å². The lowest BCUT2D eigenvalue weighted by molar-refractivity contribution is 0.155. The summed E-state index contributed by atoms with van der Waals surface area (Å²) in [5, 5.41) is 12.0. The topological polar surface area (TPSA) is 71.5 Å². The van der Waals surface area contributed by atoms with Crippen LogP contribution in [0.2, 0.25) is 5.15 Å². The van der Waals surface area contributed by atoms with Gasteiger partial charge in [0, 0.05) is 0 Å². The molecule has 1 aromatic heterocycles. The number of pyridine rings is 1. The summed E-state index contributed by atoms with van der Waals surface area (Å²) in [6, 6.07) is 12.0. The summed E-state index contributed by atoms with van der Waals surface area (Å²) >= 11 is 5.66. The van der Waals surface area contributed by atoms with Crippen molar-refractivity contribution in [2.24, 2.45) is 0 Å². The fraction of sp³-hybridized carbons (Fsp3) is 0.0769. The van der Waals surface area contributed by atoms with E-state index in [1.54, 1.807) is 0 Å². The van der Waals surface area contributed by atoms with Crippen molar-refractivity contribution in [2.45, 2.75) is 6.61 Å². The second kappa shape index (κ2) is 6.06. The zero-order chi connectivity index (χ0) is 13.7. The highest BCUT2D eigenvalue weighted by Crippen LogP contribution is 2.22.